The fourth-order valence-electron chi connectivity index (χ4n) is 4.44. The van der Waals surface area contributed by atoms with Crippen molar-refractivity contribution in [3.63, 3.8) is 0 Å². The summed E-state index contributed by atoms with van der Waals surface area (Å²) < 4.78 is 7.39. The third kappa shape index (κ3) is 6.82. The van der Waals surface area contributed by atoms with E-state index in [2.05, 4.69) is 42.9 Å². The first-order valence-corrected chi connectivity index (χ1v) is 11.9. The third-order valence-electron chi connectivity index (χ3n) is 6.27. The first-order valence-electron chi connectivity index (χ1n) is 11.9. The van der Waals surface area contributed by atoms with Gasteiger partial charge in [0.15, 0.2) is 11.6 Å². The molecule has 0 spiro atoms. The second-order valence-corrected chi connectivity index (χ2v) is 8.41. The molecule has 0 amide bonds. The SMILES string of the molecule is CN=C(NCCCc1nnc2ccccn12)NCC(c1ccc(OC)cc1)N1CCCCC1.I. The lowest BCUT2D eigenvalue weighted by Crippen LogP contribution is -2.44. The number of pyridine rings is 1. The molecular formula is C25H36IN7O. The van der Waals surface area contributed by atoms with Crippen LogP contribution in [0.2, 0.25) is 0 Å². The summed E-state index contributed by atoms with van der Waals surface area (Å²) in [6.07, 6.45) is 7.66. The van der Waals surface area contributed by atoms with Gasteiger partial charge in [0, 0.05) is 32.8 Å². The molecule has 1 aliphatic heterocycles. The van der Waals surface area contributed by atoms with Crippen LogP contribution in [0.3, 0.4) is 0 Å². The van der Waals surface area contributed by atoms with Gasteiger partial charge in [-0.15, -0.1) is 34.2 Å². The topological polar surface area (TPSA) is 79.1 Å². The quantitative estimate of drug-likeness (QED) is 0.175. The van der Waals surface area contributed by atoms with Crippen LogP contribution in [0.4, 0.5) is 0 Å². The average Bonchev–Trinajstić information content (AvgIpc) is 3.29. The van der Waals surface area contributed by atoms with E-state index in [-0.39, 0.29) is 24.0 Å². The predicted octanol–water partition coefficient (Wildman–Crippen LogP) is 3.68. The van der Waals surface area contributed by atoms with E-state index in [9.17, 15) is 0 Å². The van der Waals surface area contributed by atoms with Crippen molar-refractivity contribution in [2.75, 3.05) is 40.3 Å². The molecule has 0 aliphatic carbocycles. The number of methoxy groups -OCH3 is 1. The maximum absolute atomic E-state index is 5.35. The number of hydrogen-bond donors (Lipinski definition) is 2. The Hall–Kier alpha value is -2.40. The lowest BCUT2D eigenvalue weighted by atomic mass is 10.0. The van der Waals surface area contributed by atoms with Gasteiger partial charge in [0.1, 0.15) is 11.6 Å². The zero-order valence-corrected chi connectivity index (χ0v) is 22.4. The van der Waals surface area contributed by atoms with Crippen molar-refractivity contribution in [3.05, 3.63) is 60.0 Å². The van der Waals surface area contributed by atoms with Gasteiger partial charge in [-0.05, 0) is 62.2 Å². The molecule has 1 fully saturated rings. The van der Waals surface area contributed by atoms with Gasteiger partial charge in [-0.2, -0.15) is 0 Å². The molecule has 1 aromatic carbocycles. The molecule has 34 heavy (non-hydrogen) atoms. The summed E-state index contributed by atoms with van der Waals surface area (Å²) in [7, 11) is 3.53. The van der Waals surface area contributed by atoms with Gasteiger partial charge < -0.3 is 15.4 Å². The summed E-state index contributed by atoms with van der Waals surface area (Å²) >= 11 is 0. The van der Waals surface area contributed by atoms with Crippen LogP contribution in [0.1, 0.15) is 43.1 Å². The van der Waals surface area contributed by atoms with Crippen molar-refractivity contribution in [2.24, 2.45) is 4.99 Å². The molecule has 2 aromatic heterocycles. The second-order valence-electron chi connectivity index (χ2n) is 8.41. The molecule has 0 bridgehead atoms. The standard InChI is InChI=1S/C25H35N7O.HI/c1-26-25(27-15-8-10-24-30-29-23-9-4-7-18-32(23)24)28-19-22(31-16-5-3-6-17-31)20-11-13-21(33-2)14-12-20;/h4,7,9,11-14,18,22H,3,5-6,8,10,15-17,19H2,1-2H3,(H2,26,27,28);1H. The highest BCUT2D eigenvalue weighted by molar-refractivity contribution is 14.0. The van der Waals surface area contributed by atoms with E-state index in [1.807, 2.05) is 48.0 Å². The predicted molar refractivity (Wildman–Crippen MR) is 147 cm³/mol. The van der Waals surface area contributed by atoms with Gasteiger partial charge in [-0.25, -0.2) is 0 Å². The smallest absolute Gasteiger partial charge is 0.191 e. The van der Waals surface area contributed by atoms with E-state index in [0.717, 1.165) is 62.2 Å². The van der Waals surface area contributed by atoms with E-state index in [1.165, 1.54) is 24.8 Å². The number of guanidine groups is 1. The molecule has 4 rings (SSSR count). The molecule has 3 aromatic rings. The zero-order valence-electron chi connectivity index (χ0n) is 20.1. The summed E-state index contributed by atoms with van der Waals surface area (Å²) in [5, 5.41) is 15.5. The normalized spacial score (nSPS) is 15.5. The Morgan fingerprint density at radius 1 is 1.06 bits per heavy atom. The summed E-state index contributed by atoms with van der Waals surface area (Å²) in [5.74, 6) is 2.71. The van der Waals surface area contributed by atoms with E-state index in [0.29, 0.717) is 6.04 Å². The lowest BCUT2D eigenvalue weighted by molar-refractivity contribution is 0.164. The van der Waals surface area contributed by atoms with Gasteiger partial charge in [0.2, 0.25) is 0 Å². The second kappa shape index (κ2) is 13.5. The minimum Gasteiger partial charge on any atom is -0.497 e. The number of aromatic nitrogens is 3. The monoisotopic (exact) mass is 577 g/mol. The van der Waals surface area contributed by atoms with Gasteiger partial charge in [0.25, 0.3) is 0 Å². The van der Waals surface area contributed by atoms with E-state index in [4.69, 9.17) is 4.74 Å². The molecule has 184 valence electrons. The number of likely N-dealkylation sites (tertiary alicyclic amines) is 1. The summed E-state index contributed by atoms with van der Waals surface area (Å²) in [5.41, 5.74) is 2.19. The van der Waals surface area contributed by atoms with Gasteiger partial charge in [-0.1, -0.05) is 24.6 Å². The number of piperidine rings is 1. The number of hydrogen-bond acceptors (Lipinski definition) is 5. The molecule has 0 radical (unpaired) electrons. The molecule has 1 saturated heterocycles. The zero-order chi connectivity index (χ0) is 22.9. The van der Waals surface area contributed by atoms with E-state index < -0.39 is 0 Å². The number of aliphatic imine (C=N–C) groups is 1. The summed E-state index contributed by atoms with van der Waals surface area (Å²) in [6, 6.07) is 14.7. The van der Waals surface area contributed by atoms with Crippen LogP contribution in [0.25, 0.3) is 5.65 Å². The van der Waals surface area contributed by atoms with Gasteiger partial charge in [0.05, 0.1) is 13.2 Å². The van der Waals surface area contributed by atoms with Crippen molar-refractivity contribution in [1.29, 1.82) is 0 Å². The van der Waals surface area contributed by atoms with Crippen molar-refractivity contribution in [3.8, 4) is 5.75 Å². The molecule has 9 heteroatoms. The Morgan fingerprint density at radius 2 is 1.85 bits per heavy atom. The van der Waals surface area contributed by atoms with E-state index >= 15 is 0 Å². The number of nitrogens with one attached hydrogen (secondary N) is 2. The van der Waals surface area contributed by atoms with Gasteiger partial charge in [-0.3, -0.25) is 14.3 Å². The highest BCUT2D eigenvalue weighted by Crippen LogP contribution is 2.25. The molecule has 1 unspecified atom stereocenters. The van der Waals surface area contributed by atoms with Crippen molar-refractivity contribution in [2.45, 2.75) is 38.1 Å². The number of ether oxygens (including phenoxy) is 1. The molecule has 2 N–H and O–H groups in total. The molecular weight excluding hydrogens is 541 g/mol. The van der Waals surface area contributed by atoms with Crippen molar-refractivity contribution >= 4 is 35.6 Å². The minimum absolute atomic E-state index is 0. The van der Waals surface area contributed by atoms with Gasteiger partial charge >= 0.3 is 0 Å². The Bertz CT molecular complexity index is 1030. The first-order chi connectivity index (χ1) is 16.3. The number of aryl methyl sites for hydroxylation is 1. The van der Waals surface area contributed by atoms with Crippen LogP contribution in [-0.2, 0) is 6.42 Å². The largest absolute Gasteiger partial charge is 0.497 e. The maximum atomic E-state index is 5.35. The van der Waals surface area contributed by atoms with Crippen LogP contribution in [0, 0.1) is 0 Å². The maximum Gasteiger partial charge on any atom is 0.191 e. The minimum atomic E-state index is 0. The highest BCUT2D eigenvalue weighted by Gasteiger charge is 2.22. The Kier molecular flexibility index (Phi) is 10.4. The first kappa shape index (κ1) is 26.2. The van der Waals surface area contributed by atoms with Crippen LogP contribution >= 0.6 is 24.0 Å². The Labute approximate surface area is 219 Å². The number of halogens is 1. The molecule has 3 heterocycles. The number of nitrogens with zero attached hydrogens (tertiary/aromatic N) is 5. The third-order valence-corrected chi connectivity index (χ3v) is 6.27. The van der Waals surface area contributed by atoms with Crippen LogP contribution in [-0.4, -0.2) is 65.8 Å². The van der Waals surface area contributed by atoms with Crippen molar-refractivity contribution in [1.82, 2.24) is 30.1 Å². The molecule has 0 saturated carbocycles. The molecule has 8 nitrogen and oxygen atoms in total. The lowest BCUT2D eigenvalue weighted by Gasteiger charge is -2.35. The fraction of sp³-hybridized carbons (Fsp3) is 0.480. The van der Waals surface area contributed by atoms with E-state index in [1.54, 1.807) is 7.11 Å². The Balaban J connectivity index is 0.00000324. The van der Waals surface area contributed by atoms with Crippen LogP contribution < -0.4 is 15.4 Å². The van der Waals surface area contributed by atoms with Crippen molar-refractivity contribution < 1.29 is 4.74 Å². The molecule has 1 aliphatic rings. The Morgan fingerprint density at radius 3 is 2.59 bits per heavy atom. The average molecular weight is 578 g/mol. The molecule has 1 atom stereocenters. The fourth-order valence-corrected chi connectivity index (χ4v) is 4.44. The summed E-state index contributed by atoms with van der Waals surface area (Å²) in [6.45, 7) is 3.90. The highest BCUT2D eigenvalue weighted by atomic mass is 127. The number of benzene rings is 1. The summed E-state index contributed by atoms with van der Waals surface area (Å²) in [4.78, 5) is 7.02. The van der Waals surface area contributed by atoms with Crippen LogP contribution in [0.15, 0.2) is 53.7 Å². The number of rotatable bonds is 9. The number of fused-ring (bicyclic) bond motifs is 1. The van der Waals surface area contributed by atoms with Crippen LogP contribution in [0.5, 0.6) is 5.75 Å².